The number of guanidine groups is 1. The van der Waals surface area contributed by atoms with Crippen LogP contribution in [0, 0.1) is 0 Å². The number of hydrogen-bond donors (Lipinski definition) is 4. The highest BCUT2D eigenvalue weighted by Gasteiger charge is 2.45. The van der Waals surface area contributed by atoms with Gasteiger partial charge in [0.2, 0.25) is 5.91 Å². The van der Waals surface area contributed by atoms with Crippen LogP contribution in [0.2, 0.25) is 0 Å². The Morgan fingerprint density at radius 2 is 1.36 bits per heavy atom. The monoisotopic (exact) mass is 521 g/mol. The number of nitrogens with two attached hydrogens (primary N) is 3. The Morgan fingerprint density at radius 1 is 0.795 bits per heavy atom. The molecule has 0 bridgehead atoms. The summed E-state index contributed by atoms with van der Waals surface area (Å²) in [4.78, 5) is 32.3. The van der Waals surface area contributed by atoms with Crippen molar-refractivity contribution in [3.63, 3.8) is 0 Å². The van der Waals surface area contributed by atoms with E-state index in [0.717, 1.165) is 27.5 Å². The summed E-state index contributed by atoms with van der Waals surface area (Å²) in [6.07, 6.45) is 0.434. The van der Waals surface area contributed by atoms with Crippen LogP contribution in [0.4, 0.5) is 0 Å². The highest BCUT2D eigenvalue weighted by molar-refractivity contribution is 6.14. The second kappa shape index (κ2) is 12.4. The third-order valence-corrected chi connectivity index (χ3v) is 7.02. The molecule has 0 saturated carbocycles. The molecular formula is C32H35N5O2. The number of carbonyl (C=O) groups is 2. The van der Waals surface area contributed by atoms with Gasteiger partial charge in [0.15, 0.2) is 17.3 Å². The maximum absolute atomic E-state index is 14.4. The van der Waals surface area contributed by atoms with Crippen LogP contribution in [0.15, 0.2) is 108 Å². The van der Waals surface area contributed by atoms with Gasteiger partial charge in [-0.3, -0.25) is 14.6 Å². The summed E-state index contributed by atoms with van der Waals surface area (Å²) in [6, 6.07) is 32.5. The number of nitrogens with zero attached hydrogens (tertiary/aromatic N) is 1. The molecule has 39 heavy (non-hydrogen) atoms. The molecule has 200 valence electrons. The topological polar surface area (TPSA) is 137 Å². The molecule has 2 atom stereocenters. The quantitative estimate of drug-likeness (QED) is 0.102. The van der Waals surface area contributed by atoms with Crippen molar-refractivity contribution in [1.82, 2.24) is 5.32 Å². The van der Waals surface area contributed by atoms with Gasteiger partial charge in [-0.05, 0) is 53.3 Å². The van der Waals surface area contributed by atoms with Gasteiger partial charge in [-0.15, -0.1) is 0 Å². The SMILES string of the molecule is C[C@H](NC(=O)[C@@](N)(CCCN=C(N)N)C(=O)C(c1ccccc1)c1ccccc1)c1ccc2ccccc2c1. The van der Waals surface area contributed by atoms with Crippen molar-refractivity contribution in [1.29, 1.82) is 0 Å². The highest BCUT2D eigenvalue weighted by atomic mass is 16.2. The van der Waals surface area contributed by atoms with Crippen molar-refractivity contribution in [2.24, 2.45) is 22.2 Å². The van der Waals surface area contributed by atoms with Crippen LogP contribution in [0.25, 0.3) is 10.8 Å². The Hall–Kier alpha value is -4.49. The zero-order chi connectivity index (χ0) is 27.8. The summed E-state index contributed by atoms with van der Waals surface area (Å²) in [7, 11) is 0. The van der Waals surface area contributed by atoms with E-state index in [1.807, 2.05) is 110 Å². The number of rotatable bonds is 11. The van der Waals surface area contributed by atoms with Gasteiger partial charge in [0.05, 0.1) is 12.0 Å². The number of ketones is 1. The molecule has 7 heteroatoms. The molecule has 0 aliphatic heterocycles. The van der Waals surface area contributed by atoms with Crippen LogP contribution in [-0.4, -0.2) is 29.7 Å². The summed E-state index contributed by atoms with van der Waals surface area (Å²) < 4.78 is 0. The van der Waals surface area contributed by atoms with Crippen LogP contribution in [-0.2, 0) is 9.59 Å². The Morgan fingerprint density at radius 3 is 1.95 bits per heavy atom. The van der Waals surface area contributed by atoms with Gasteiger partial charge < -0.3 is 22.5 Å². The average Bonchev–Trinajstić information content (AvgIpc) is 2.96. The summed E-state index contributed by atoms with van der Waals surface area (Å²) in [5, 5.41) is 5.19. The predicted molar refractivity (Wildman–Crippen MR) is 157 cm³/mol. The lowest BCUT2D eigenvalue weighted by molar-refractivity contribution is -0.137. The zero-order valence-corrected chi connectivity index (χ0v) is 22.1. The fourth-order valence-corrected chi connectivity index (χ4v) is 4.84. The van der Waals surface area contributed by atoms with E-state index >= 15 is 0 Å². The first-order valence-corrected chi connectivity index (χ1v) is 13.1. The first-order chi connectivity index (χ1) is 18.8. The molecule has 0 heterocycles. The lowest BCUT2D eigenvalue weighted by Gasteiger charge is -2.32. The highest BCUT2D eigenvalue weighted by Crippen LogP contribution is 2.31. The summed E-state index contributed by atoms with van der Waals surface area (Å²) >= 11 is 0. The first-order valence-electron chi connectivity index (χ1n) is 13.1. The molecule has 0 aliphatic carbocycles. The lowest BCUT2D eigenvalue weighted by atomic mass is 9.76. The van der Waals surface area contributed by atoms with E-state index in [2.05, 4.69) is 10.3 Å². The second-order valence-electron chi connectivity index (χ2n) is 9.80. The van der Waals surface area contributed by atoms with Gasteiger partial charge in [-0.2, -0.15) is 0 Å². The molecule has 4 rings (SSSR count). The first kappa shape index (κ1) is 27.5. The third-order valence-electron chi connectivity index (χ3n) is 7.02. The van der Waals surface area contributed by atoms with Gasteiger partial charge in [0, 0.05) is 6.54 Å². The smallest absolute Gasteiger partial charge is 0.248 e. The van der Waals surface area contributed by atoms with Crippen LogP contribution in [0.1, 0.15) is 48.4 Å². The molecule has 0 spiro atoms. The van der Waals surface area contributed by atoms with Crippen molar-refractivity contribution < 1.29 is 9.59 Å². The lowest BCUT2D eigenvalue weighted by Crippen LogP contribution is -2.61. The van der Waals surface area contributed by atoms with E-state index in [1.165, 1.54) is 0 Å². The molecule has 0 unspecified atom stereocenters. The minimum Gasteiger partial charge on any atom is -0.370 e. The number of amides is 1. The van der Waals surface area contributed by atoms with Crippen LogP contribution in [0.3, 0.4) is 0 Å². The molecule has 4 aromatic carbocycles. The number of aliphatic imine (C=N–C) groups is 1. The normalized spacial score (nSPS) is 13.4. The molecule has 4 aromatic rings. The molecule has 0 fully saturated rings. The number of nitrogens with one attached hydrogen (secondary N) is 1. The molecule has 1 amide bonds. The maximum atomic E-state index is 14.4. The number of Topliss-reactive ketones (excluding diaryl/α,β-unsaturated/α-hetero) is 1. The van der Waals surface area contributed by atoms with Crippen molar-refractivity contribution in [3.8, 4) is 0 Å². The van der Waals surface area contributed by atoms with Crippen molar-refractivity contribution in [3.05, 3.63) is 120 Å². The van der Waals surface area contributed by atoms with Crippen molar-refractivity contribution in [2.75, 3.05) is 6.54 Å². The number of carbonyl (C=O) groups excluding carboxylic acids is 2. The predicted octanol–water partition coefficient (Wildman–Crippen LogP) is 4.17. The Bertz CT molecular complexity index is 1410. The number of fused-ring (bicyclic) bond motifs is 1. The largest absolute Gasteiger partial charge is 0.370 e. The van der Waals surface area contributed by atoms with E-state index in [-0.39, 0.29) is 30.8 Å². The van der Waals surface area contributed by atoms with Gasteiger partial charge in [-0.25, -0.2) is 0 Å². The van der Waals surface area contributed by atoms with E-state index in [9.17, 15) is 9.59 Å². The van der Waals surface area contributed by atoms with Crippen molar-refractivity contribution >= 4 is 28.4 Å². The molecule has 0 aliphatic rings. The van der Waals surface area contributed by atoms with E-state index in [0.29, 0.717) is 6.42 Å². The van der Waals surface area contributed by atoms with Crippen LogP contribution >= 0.6 is 0 Å². The average molecular weight is 522 g/mol. The Balaban J connectivity index is 1.67. The fourth-order valence-electron chi connectivity index (χ4n) is 4.84. The third kappa shape index (κ3) is 6.51. The van der Waals surface area contributed by atoms with E-state index < -0.39 is 17.4 Å². The van der Waals surface area contributed by atoms with E-state index in [1.54, 1.807) is 0 Å². The molecule has 7 N–H and O–H groups in total. The summed E-state index contributed by atoms with van der Waals surface area (Å²) in [5.41, 5.74) is 18.4. The summed E-state index contributed by atoms with van der Waals surface area (Å²) in [5.74, 6) is -1.69. The Labute approximate surface area is 229 Å². The standard InChI is InChI=1S/C32H35N5O2/c1-22(26-18-17-23-11-8-9-16-27(23)21-26)37-30(39)32(35,19-10-20-36-31(33)34)29(38)28(24-12-4-2-5-13-24)25-14-6-3-7-15-25/h2-9,11-18,21-22,28H,10,19-20,35H2,1H3,(H,37,39)(H4,33,34,36)/t22-,32+/m0/s1. The van der Waals surface area contributed by atoms with Gasteiger partial charge in [0.1, 0.15) is 0 Å². The van der Waals surface area contributed by atoms with Gasteiger partial charge in [-0.1, -0.05) is 97.1 Å². The van der Waals surface area contributed by atoms with E-state index in [4.69, 9.17) is 17.2 Å². The molecular weight excluding hydrogens is 486 g/mol. The van der Waals surface area contributed by atoms with Gasteiger partial charge in [0.25, 0.3) is 0 Å². The van der Waals surface area contributed by atoms with Crippen LogP contribution in [0.5, 0.6) is 0 Å². The number of hydrogen-bond acceptors (Lipinski definition) is 4. The number of benzene rings is 4. The minimum absolute atomic E-state index is 0.0511. The Kier molecular flexibility index (Phi) is 8.74. The summed E-state index contributed by atoms with van der Waals surface area (Å²) in [6.45, 7) is 2.14. The van der Waals surface area contributed by atoms with Crippen molar-refractivity contribution in [2.45, 2.75) is 37.3 Å². The maximum Gasteiger partial charge on any atom is 0.248 e. The molecule has 0 saturated heterocycles. The fraction of sp³-hybridized carbons (Fsp3) is 0.219. The van der Waals surface area contributed by atoms with Crippen LogP contribution < -0.4 is 22.5 Å². The molecule has 7 nitrogen and oxygen atoms in total. The molecule has 0 aromatic heterocycles. The molecule has 0 radical (unpaired) electrons. The second-order valence-corrected chi connectivity index (χ2v) is 9.80. The van der Waals surface area contributed by atoms with Gasteiger partial charge >= 0.3 is 0 Å². The minimum atomic E-state index is -1.82. The zero-order valence-electron chi connectivity index (χ0n) is 22.1.